The Hall–Kier alpha value is -2.73. The van der Waals surface area contributed by atoms with Crippen LogP contribution in [0.4, 0.5) is 0 Å². The molecular weight excluding hydrogens is 496 g/mol. The molecule has 3 rings (SSSR count). The van der Waals surface area contributed by atoms with Gasteiger partial charge in [-0.3, -0.25) is 0 Å². The Morgan fingerprint density at radius 2 is 1.91 bits per heavy atom. The van der Waals surface area contributed by atoms with Crippen LogP contribution in [0, 0.1) is 20.8 Å². The summed E-state index contributed by atoms with van der Waals surface area (Å²) in [7, 11) is 0. The summed E-state index contributed by atoms with van der Waals surface area (Å²) in [6.07, 6.45) is 6.46. The SMILES string of the molecule is CC(C)=CCOc1c(C)c(C)c2c(c1C)CCC(C)(COc1ccc(C=CC(=O)O)cc1Br)O2. The second-order valence-corrected chi connectivity index (χ2v) is 10.2. The molecule has 1 aliphatic rings. The number of rotatable bonds is 8. The van der Waals surface area contributed by atoms with Crippen LogP contribution in [0.5, 0.6) is 17.2 Å². The van der Waals surface area contributed by atoms with Crippen LogP contribution in [0.3, 0.4) is 0 Å². The molecule has 0 amide bonds. The second kappa shape index (κ2) is 10.7. The van der Waals surface area contributed by atoms with E-state index in [2.05, 4.69) is 63.5 Å². The molecule has 0 spiro atoms. The molecule has 2 aromatic rings. The van der Waals surface area contributed by atoms with Crippen LogP contribution in [0.25, 0.3) is 6.08 Å². The molecule has 1 atom stereocenters. The number of allylic oxidation sites excluding steroid dienone is 1. The smallest absolute Gasteiger partial charge is 0.328 e. The highest BCUT2D eigenvalue weighted by atomic mass is 79.9. The van der Waals surface area contributed by atoms with Crippen molar-refractivity contribution in [3.8, 4) is 17.2 Å². The first kappa shape index (κ1) is 25.9. The maximum atomic E-state index is 10.7. The van der Waals surface area contributed by atoms with Crippen molar-refractivity contribution in [2.45, 2.75) is 60.0 Å². The van der Waals surface area contributed by atoms with Gasteiger partial charge >= 0.3 is 5.97 Å². The fourth-order valence-electron chi connectivity index (χ4n) is 4.03. The van der Waals surface area contributed by atoms with Crippen molar-refractivity contribution < 1.29 is 24.1 Å². The molecule has 34 heavy (non-hydrogen) atoms. The summed E-state index contributed by atoms with van der Waals surface area (Å²) in [4.78, 5) is 10.7. The van der Waals surface area contributed by atoms with Crippen molar-refractivity contribution >= 4 is 28.0 Å². The Morgan fingerprint density at radius 1 is 1.18 bits per heavy atom. The molecule has 1 N–H and O–H groups in total. The summed E-state index contributed by atoms with van der Waals surface area (Å²) in [6.45, 7) is 13.5. The Bertz CT molecular complexity index is 1140. The second-order valence-electron chi connectivity index (χ2n) is 9.31. The molecule has 1 heterocycles. The zero-order valence-electron chi connectivity index (χ0n) is 20.8. The number of halogens is 1. The molecule has 0 saturated heterocycles. The molecule has 6 heteroatoms. The summed E-state index contributed by atoms with van der Waals surface area (Å²) in [5.74, 6) is 1.61. The third kappa shape index (κ3) is 6.03. The van der Waals surface area contributed by atoms with Gasteiger partial charge in [-0.05, 0) is 117 Å². The van der Waals surface area contributed by atoms with Gasteiger partial charge in [0.05, 0.1) is 4.47 Å². The molecule has 182 valence electrons. The Kier molecular flexibility index (Phi) is 8.13. The molecule has 0 radical (unpaired) electrons. The lowest BCUT2D eigenvalue weighted by Gasteiger charge is -2.38. The number of carboxylic acid groups (broad SMARTS) is 1. The van der Waals surface area contributed by atoms with E-state index >= 15 is 0 Å². The molecule has 1 unspecified atom stereocenters. The molecule has 0 aromatic heterocycles. The summed E-state index contributed by atoms with van der Waals surface area (Å²) in [5, 5.41) is 8.81. The maximum Gasteiger partial charge on any atom is 0.328 e. The zero-order chi connectivity index (χ0) is 25.0. The van der Waals surface area contributed by atoms with Crippen molar-refractivity contribution in [2.75, 3.05) is 13.2 Å². The highest BCUT2D eigenvalue weighted by Gasteiger charge is 2.35. The summed E-state index contributed by atoms with van der Waals surface area (Å²) >= 11 is 3.53. The van der Waals surface area contributed by atoms with Crippen molar-refractivity contribution in [3.63, 3.8) is 0 Å². The fourth-order valence-corrected chi connectivity index (χ4v) is 4.54. The quantitative estimate of drug-likeness (QED) is 0.295. The van der Waals surface area contributed by atoms with Crippen LogP contribution in [0.15, 0.2) is 40.4 Å². The van der Waals surface area contributed by atoms with Gasteiger partial charge in [-0.1, -0.05) is 11.6 Å². The van der Waals surface area contributed by atoms with Gasteiger partial charge in [-0.2, -0.15) is 0 Å². The van der Waals surface area contributed by atoms with E-state index < -0.39 is 11.6 Å². The van der Waals surface area contributed by atoms with Crippen LogP contribution in [0.1, 0.15) is 55.0 Å². The lowest BCUT2D eigenvalue weighted by atomic mass is 9.87. The number of carboxylic acids is 1. The third-order valence-electron chi connectivity index (χ3n) is 6.19. The van der Waals surface area contributed by atoms with E-state index in [9.17, 15) is 4.79 Å². The van der Waals surface area contributed by atoms with Crippen LogP contribution in [0.2, 0.25) is 0 Å². The van der Waals surface area contributed by atoms with E-state index in [4.69, 9.17) is 19.3 Å². The predicted octanol–water partition coefficient (Wildman–Crippen LogP) is 6.98. The largest absolute Gasteiger partial charge is 0.489 e. The number of hydrogen-bond acceptors (Lipinski definition) is 4. The molecule has 0 bridgehead atoms. The number of ether oxygens (including phenoxy) is 3. The molecule has 0 aliphatic carbocycles. The Balaban J connectivity index is 1.76. The van der Waals surface area contributed by atoms with Gasteiger partial charge in [0.15, 0.2) is 0 Å². The van der Waals surface area contributed by atoms with Gasteiger partial charge in [0.25, 0.3) is 0 Å². The topological polar surface area (TPSA) is 65.0 Å². The van der Waals surface area contributed by atoms with Crippen LogP contribution >= 0.6 is 15.9 Å². The van der Waals surface area contributed by atoms with Crippen molar-refractivity contribution in [1.82, 2.24) is 0 Å². The average molecular weight is 529 g/mol. The molecule has 0 saturated carbocycles. The zero-order valence-corrected chi connectivity index (χ0v) is 22.3. The first-order valence-electron chi connectivity index (χ1n) is 11.4. The van der Waals surface area contributed by atoms with E-state index in [0.29, 0.717) is 19.0 Å². The van der Waals surface area contributed by atoms with E-state index in [1.807, 2.05) is 18.2 Å². The third-order valence-corrected chi connectivity index (χ3v) is 6.81. The first-order chi connectivity index (χ1) is 16.0. The molecule has 1 aliphatic heterocycles. The van der Waals surface area contributed by atoms with E-state index in [0.717, 1.165) is 57.1 Å². The van der Waals surface area contributed by atoms with E-state index in [1.165, 1.54) is 11.1 Å². The van der Waals surface area contributed by atoms with Gasteiger partial charge in [0.2, 0.25) is 0 Å². The molecule has 5 nitrogen and oxygen atoms in total. The Morgan fingerprint density at radius 3 is 2.56 bits per heavy atom. The summed E-state index contributed by atoms with van der Waals surface area (Å²) in [5.41, 5.74) is 6.12. The van der Waals surface area contributed by atoms with Crippen LogP contribution < -0.4 is 14.2 Å². The Labute approximate surface area is 210 Å². The van der Waals surface area contributed by atoms with Gasteiger partial charge in [-0.15, -0.1) is 0 Å². The summed E-state index contributed by atoms with van der Waals surface area (Å²) < 4.78 is 19.6. The number of fused-ring (bicyclic) bond motifs is 1. The predicted molar refractivity (Wildman–Crippen MR) is 139 cm³/mol. The lowest BCUT2D eigenvalue weighted by Crippen LogP contribution is -2.42. The lowest BCUT2D eigenvalue weighted by molar-refractivity contribution is -0.131. The van der Waals surface area contributed by atoms with Gasteiger partial charge in [0.1, 0.15) is 36.1 Å². The monoisotopic (exact) mass is 528 g/mol. The molecule has 2 aromatic carbocycles. The molecule has 0 fully saturated rings. The van der Waals surface area contributed by atoms with Gasteiger partial charge < -0.3 is 19.3 Å². The normalized spacial score (nSPS) is 17.1. The van der Waals surface area contributed by atoms with Crippen molar-refractivity contribution in [2.24, 2.45) is 0 Å². The minimum Gasteiger partial charge on any atom is -0.489 e. The standard InChI is InChI=1S/C28H33BrO5/c1-17(2)12-14-32-26-18(3)19(4)27-22(20(26)5)11-13-28(6,34-27)16-33-24-9-7-21(15-23(24)29)8-10-25(30)31/h7-10,12,15H,11,13-14,16H2,1-6H3,(H,30,31). The van der Waals surface area contributed by atoms with Crippen molar-refractivity contribution in [3.05, 3.63) is 68.2 Å². The maximum absolute atomic E-state index is 10.7. The van der Waals surface area contributed by atoms with Crippen LogP contribution in [-0.4, -0.2) is 29.9 Å². The average Bonchev–Trinajstić information content (AvgIpc) is 2.77. The van der Waals surface area contributed by atoms with Gasteiger partial charge in [0, 0.05) is 11.6 Å². The van der Waals surface area contributed by atoms with E-state index in [1.54, 1.807) is 6.08 Å². The number of hydrogen-bond donors (Lipinski definition) is 1. The minimum atomic E-state index is -0.980. The highest BCUT2D eigenvalue weighted by Crippen LogP contribution is 2.44. The number of aliphatic carboxylic acids is 1. The minimum absolute atomic E-state index is 0.395. The number of carbonyl (C=O) groups is 1. The summed E-state index contributed by atoms with van der Waals surface area (Å²) in [6, 6.07) is 5.50. The first-order valence-corrected chi connectivity index (χ1v) is 12.2. The van der Waals surface area contributed by atoms with E-state index in [-0.39, 0.29) is 0 Å². The fraction of sp³-hybridized carbons (Fsp3) is 0.393. The number of benzene rings is 2. The van der Waals surface area contributed by atoms with Gasteiger partial charge in [-0.25, -0.2) is 4.79 Å². The molecular formula is C28H33BrO5. The highest BCUT2D eigenvalue weighted by molar-refractivity contribution is 9.10. The van der Waals surface area contributed by atoms with Crippen molar-refractivity contribution in [1.29, 1.82) is 0 Å². The van der Waals surface area contributed by atoms with Crippen LogP contribution in [-0.2, 0) is 11.2 Å².